The molecular formula is C13H19BrClNO. The van der Waals surface area contributed by atoms with Crippen LogP contribution in [0.4, 0.5) is 0 Å². The van der Waals surface area contributed by atoms with E-state index in [0.29, 0.717) is 0 Å². The SMILES string of the molecule is CCC(Cl)CCNCc1ccc(OC)c(Br)c1. The second-order valence-electron chi connectivity index (χ2n) is 3.94. The second kappa shape index (κ2) is 7.96. The van der Waals surface area contributed by atoms with Gasteiger partial charge in [-0.25, -0.2) is 0 Å². The van der Waals surface area contributed by atoms with Crippen LogP contribution in [0.3, 0.4) is 0 Å². The van der Waals surface area contributed by atoms with E-state index >= 15 is 0 Å². The Morgan fingerprint density at radius 1 is 1.47 bits per heavy atom. The van der Waals surface area contributed by atoms with E-state index in [9.17, 15) is 0 Å². The molecule has 0 radical (unpaired) electrons. The molecule has 1 unspecified atom stereocenters. The van der Waals surface area contributed by atoms with E-state index in [-0.39, 0.29) is 5.38 Å². The lowest BCUT2D eigenvalue weighted by Gasteiger charge is -2.09. The highest BCUT2D eigenvalue weighted by atomic mass is 79.9. The summed E-state index contributed by atoms with van der Waals surface area (Å²) in [5.41, 5.74) is 1.24. The largest absolute Gasteiger partial charge is 0.496 e. The highest BCUT2D eigenvalue weighted by Gasteiger charge is 2.02. The van der Waals surface area contributed by atoms with E-state index in [1.165, 1.54) is 5.56 Å². The highest BCUT2D eigenvalue weighted by Crippen LogP contribution is 2.25. The summed E-state index contributed by atoms with van der Waals surface area (Å²) >= 11 is 9.52. The summed E-state index contributed by atoms with van der Waals surface area (Å²) in [5, 5.41) is 3.67. The van der Waals surface area contributed by atoms with Crippen LogP contribution in [0.2, 0.25) is 0 Å². The minimum Gasteiger partial charge on any atom is -0.496 e. The molecular weight excluding hydrogens is 302 g/mol. The maximum atomic E-state index is 6.05. The molecule has 1 aromatic carbocycles. The Labute approximate surface area is 117 Å². The summed E-state index contributed by atoms with van der Waals surface area (Å²) in [6.45, 7) is 3.92. The summed E-state index contributed by atoms with van der Waals surface area (Å²) in [6.07, 6.45) is 2.03. The number of nitrogens with one attached hydrogen (secondary N) is 1. The quantitative estimate of drug-likeness (QED) is 0.606. The van der Waals surface area contributed by atoms with Crippen molar-refractivity contribution in [2.24, 2.45) is 0 Å². The van der Waals surface area contributed by atoms with Crippen molar-refractivity contribution >= 4 is 27.5 Å². The summed E-state index contributed by atoms with van der Waals surface area (Å²) in [4.78, 5) is 0. The van der Waals surface area contributed by atoms with E-state index in [1.54, 1.807) is 7.11 Å². The molecule has 0 aromatic heterocycles. The lowest BCUT2D eigenvalue weighted by molar-refractivity contribution is 0.412. The molecule has 1 rings (SSSR count). The van der Waals surface area contributed by atoms with Gasteiger partial charge in [-0.1, -0.05) is 13.0 Å². The van der Waals surface area contributed by atoms with Crippen molar-refractivity contribution in [1.29, 1.82) is 0 Å². The van der Waals surface area contributed by atoms with Crippen molar-refractivity contribution in [2.45, 2.75) is 31.7 Å². The number of ether oxygens (including phenoxy) is 1. The van der Waals surface area contributed by atoms with Crippen molar-refractivity contribution in [3.63, 3.8) is 0 Å². The van der Waals surface area contributed by atoms with Gasteiger partial charge in [0.1, 0.15) is 5.75 Å². The average Bonchev–Trinajstić information content (AvgIpc) is 2.34. The van der Waals surface area contributed by atoms with Crippen LogP contribution in [0.5, 0.6) is 5.75 Å². The van der Waals surface area contributed by atoms with Crippen LogP contribution in [0.25, 0.3) is 0 Å². The lowest BCUT2D eigenvalue weighted by Crippen LogP contribution is -2.17. The minimum atomic E-state index is 0.283. The molecule has 1 atom stereocenters. The van der Waals surface area contributed by atoms with Gasteiger partial charge in [-0.15, -0.1) is 11.6 Å². The van der Waals surface area contributed by atoms with E-state index in [2.05, 4.69) is 40.3 Å². The first-order chi connectivity index (χ1) is 8.17. The van der Waals surface area contributed by atoms with Crippen LogP contribution in [-0.4, -0.2) is 19.0 Å². The third-order valence-corrected chi connectivity index (χ3v) is 3.77. The van der Waals surface area contributed by atoms with Gasteiger partial charge < -0.3 is 10.1 Å². The highest BCUT2D eigenvalue weighted by molar-refractivity contribution is 9.10. The van der Waals surface area contributed by atoms with Crippen molar-refractivity contribution in [1.82, 2.24) is 5.32 Å². The van der Waals surface area contributed by atoms with E-state index in [1.807, 2.05) is 6.07 Å². The predicted octanol–water partition coefficient (Wildman–Crippen LogP) is 3.95. The topological polar surface area (TPSA) is 21.3 Å². The molecule has 0 aliphatic heterocycles. The monoisotopic (exact) mass is 319 g/mol. The van der Waals surface area contributed by atoms with Gasteiger partial charge in [0, 0.05) is 11.9 Å². The van der Waals surface area contributed by atoms with E-state index < -0.39 is 0 Å². The molecule has 0 saturated carbocycles. The third kappa shape index (κ3) is 5.28. The summed E-state index contributed by atoms with van der Waals surface area (Å²) in [5.74, 6) is 0.862. The maximum Gasteiger partial charge on any atom is 0.133 e. The van der Waals surface area contributed by atoms with Crippen LogP contribution >= 0.6 is 27.5 Å². The minimum absolute atomic E-state index is 0.283. The normalized spacial score (nSPS) is 12.5. The summed E-state index contributed by atoms with van der Waals surface area (Å²) in [6, 6.07) is 6.11. The zero-order chi connectivity index (χ0) is 12.7. The molecule has 4 heteroatoms. The smallest absolute Gasteiger partial charge is 0.133 e. The molecule has 0 bridgehead atoms. The molecule has 1 N–H and O–H groups in total. The molecule has 0 aliphatic rings. The van der Waals surface area contributed by atoms with E-state index in [4.69, 9.17) is 16.3 Å². The standard InChI is InChI=1S/C13H19BrClNO/c1-3-11(15)6-7-16-9-10-4-5-13(17-2)12(14)8-10/h4-5,8,11,16H,3,6-7,9H2,1-2H3. The van der Waals surface area contributed by atoms with Gasteiger partial charge in [-0.3, -0.25) is 0 Å². The number of halogens is 2. The Bertz CT molecular complexity index is 346. The van der Waals surface area contributed by atoms with Crippen molar-refractivity contribution in [3.8, 4) is 5.75 Å². The summed E-state index contributed by atoms with van der Waals surface area (Å²) < 4.78 is 6.18. The number of benzene rings is 1. The maximum absolute atomic E-state index is 6.05. The first-order valence-electron chi connectivity index (χ1n) is 5.84. The van der Waals surface area contributed by atoms with Gasteiger partial charge in [0.15, 0.2) is 0 Å². The molecule has 0 fully saturated rings. The molecule has 0 spiro atoms. The van der Waals surface area contributed by atoms with Crippen molar-refractivity contribution in [2.75, 3.05) is 13.7 Å². The van der Waals surface area contributed by atoms with Crippen molar-refractivity contribution in [3.05, 3.63) is 28.2 Å². The molecule has 0 amide bonds. The molecule has 1 aromatic rings. The molecule has 96 valence electrons. The molecule has 0 aliphatic carbocycles. The van der Waals surface area contributed by atoms with Gasteiger partial charge in [0.25, 0.3) is 0 Å². The zero-order valence-electron chi connectivity index (χ0n) is 10.3. The lowest BCUT2D eigenvalue weighted by atomic mass is 10.2. The van der Waals surface area contributed by atoms with Crippen molar-refractivity contribution < 1.29 is 4.74 Å². The number of hydrogen-bond donors (Lipinski definition) is 1. The second-order valence-corrected chi connectivity index (χ2v) is 5.41. The molecule has 0 saturated heterocycles. The molecule has 2 nitrogen and oxygen atoms in total. The fourth-order valence-corrected chi connectivity index (χ4v) is 2.21. The van der Waals surface area contributed by atoms with E-state index in [0.717, 1.165) is 36.2 Å². The van der Waals surface area contributed by atoms with Gasteiger partial charge in [-0.2, -0.15) is 0 Å². The van der Waals surface area contributed by atoms with Gasteiger partial charge >= 0.3 is 0 Å². The van der Waals surface area contributed by atoms with Gasteiger partial charge in [0.05, 0.1) is 11.6 Å². The Kier molecular flexibility index (Phi) is 6.93. The number of rotatable bonds is 7. The third-order valence-electron chi connectivity index (χ3n) is 2.62. The van der Waals surface area contributed by atoms with Crippen LogP contribution in [-0.2, 0) is 6.54 Å². The Morgan fingerprint density at radius 2 is 2.24 bits per heavy atom. The summed E-state index contributed by atoms with van der Waals surface area (Å²) in [7, 11) is 1.67. The van der Waals surface area contributed by atoms with Crippen LogP contribution in [0.1, 0.15) is 25.3 Å². The Balaban J connectivity index is 2.34. The molecule has 0 heterocycles. The number of hydrogen-bond acceptors (Lipinski definition) is 2. The van der Waals surface area contributed by atoms with Crippen LogP contribution in [0.15, 0.2) is 22.7 Å². The van der Waals surface area contributed by atoms with Crippen LogP contribution in [0, 0.1) is 0 Å². The first kappa shape index (κ1) is 14.8. The number of alkyl halides is 1. The first-order valence-corrected chi connectivity index (χ1v) is 7.07. The van der Waals surface area contributed by atoms with Gasteiger partial charge in [-0.05, 0) is 53.0 Å². The Morgan fingerprint density at radius 3 is 2.82 bits per heavy atom. The average molecular weight is 321 g/mol. The zero-order valence-corrected chi connectivity index (χ0v) is 12.6. The molecule has 17 heavy (non-hydrogen) atoms. The fraction of sp³-hybridized carbons (Fsp3) is 0.538. The van der Waals surface area contributed by atoms with Gasteiger partial charge in [0.2, 0.25) is 0 Å². The predicted molar refractivity (Wildman–Crippen MR) is 76.9 cm³/mol. The number of methoxy groups -OCH3 is 1. The Hall–Kier alpha value is -0.250. The fourth-order valence-electron chi connectivity index (χ4n) is 1.52. The van der Waals surface area contributed by atoms with Crippen LogP contribution < -0.4 is 10.1 Å².